The molecule has 108 valence electrons. The van der Waals surface area contributed by atoms with Gasteiger partial charge in [0.2, 0.25) is 0 Å². The smallest absolute Gasteiger partial charge is 0.330 e. The van der Waals surface area contributed by atoms with Crippen molar-refractivity contribution in [1.82, 2.24) is 14.9 Å². The number of ether oxygens (including phenoxy) is 1. The van der Waals surface area contributed by atoms with Crippen LogP contribution < -0.4 is 16.6 Å². The number of rotatable bonds is 6. The summed E-state index contributed by atoms with van der Waals surface area (Å²) in [4.78, 5) is 25.4. The minimum Gasteiger partial charge on any atom is -0.353 e. The van der Waals surface area contributed by atoms with Crippen LogP contribution in [0.5, 0.6) is 0 Å². The number of likely N-dealkylation sites (N-methyl/N-ethyl adjacent to an activating group) is 1. The highest BCUT2D eigenvalue weighted by Crippen LogP contribution is 2.13. The Morgan fingerprint density at radius 2 is 2.05 bits per heavy atom. The SMILES string of the molecule is CC[C@@H](O[C@H](C)n1cc(C)c(=O)[nH]c1=O)C(C)NC. The second-order valence-corrected chi connectivity index (χ2v) is 4.74. The van der Waals surface area contributed by atoms with Gasteiger partial charge in [0.1, 0.15) is 6.23 Å². The lowest BCUT2D eigenvalue weighted by Gasteiger charge is -2.27. The molecule has 0 radical (unpaired) electrons. The predicted molar refractivity (Wildman–Crippen MR) is 74.5 cm³/mol. The van der Waals surface area contributed by atoms with Crippen LogP contribution in [0.3, 0.4) is 0 Å². The third kappa shape index (κ3) is 3.78. The van der Waals surface area contributed by atoms with Crippen LogP contribution in [0, 0.1) is 6.92 Å². The summed E-state index contributed by atoms with van der Waals surface area (Å²) in [6, 6.07) is 0.187. The van der Waals surface area contributed by atoms with Gasteiger partial charge in [0.05, 0.1) is 6.10 Å². The number of hydrogen-bond donors (Lipinski definition) is 2. The summed E-state index contributed by atoms with van der Waals surface area (Å²) < 4.78 is 7.30. The first-order chi connectivity index (χ1) is 8.90. The molecule has 19 heavy (non-hydrogen) atoms. The predicted octanol–water partition coefficient (Wildman–Crippen LogP) is 0.767. The summed E-state index contributed by atoms with van der Waals surface area (Å²) in [5, 5.41) is 3.14. The number of aryl methyl sites for hydroxylation is 1. The van der Waals surface area contributed by atoms with Crippen molar-refractivity contribution in [3.05, 3.63) is 32.6 Å². The van der Waals surface area contributed by atoms with E-state index in [0.29, 0.717) is 5.56 Å². The van der Waals surface area contributed by atoms with Crippen LogP contribution in [0.25, 0.3) is 0 Å². The third-order valence-electron chi connectivity index (χ3n) is 3.32. The number of aromatic nitrogens is 2. The van der Waals surface area contributed by atoms with Gasteiger partial charge in [-0.1, -0.05) is 6.92 Å². The van der Waals surface area contributed by atoms with Crippen LogP contribution in [0.1, 0.15) is 39.0 Å². The van der Waals surface area contributed by atoms with Gasteiger partial charge in [0, 0.05) is 17.8 Å². The minimum atomic E-state index is -0.449. The van der Waals surface area contributed by atoms with E-state index in [0.717, 1.165) is 6.42 Å². The van der Waals surface area contributed by atoms with E-state index in [1.54, 1.807) is 13.8 Å². The molecule has 1 aromatic heterocycles. The van der Waals surface area contributed by atoms with Gasteiger partial charge in [-0.2, -0.15) is 0 Å². The van der Waals surface area contributed by atoms with Crippen LogP contribution >= 0.6 is 0 Å². The van der Waals surface area contributed by atoms with Crippen molar-refractivity contribution in [2.75, 3.05) is 7.05 Å². The van der Waals surface area contributed by atoms with Crippen molar-refractivity contribution < 1.29 is 4.74 Å². The molecule has 0 aliphatic rings. The maximum atomic E-state index is 11.8. The van der Waals surface area contributed by atoms with E-state index in [4.69, 9.17) is 4.74 Å². The summed E-state index contributed by atoms with van der Waals surface area (Å²) in [7, 11) is 1.87. The highest BCUT2D eigenvalue weighted by Gasteiger charge is 2.19. The van der Waals surface area contributed by atoms with Crippen LogP contribution in [0.15, 0.2) is 15.8 Å². The zero-order chi connectivity index (χ0) is 14.6. The molecule has 0 bridgehead atoms. The number of hydrogen-bond acceptors (Lipinski definition) is 4. The molecule has 1 rings (SSSR count). The van der Waals surface area contributed by atoms with E-state index in [1.807, 2.05) is 20.9 Å². The zero-order valence-corrected chi connectivity index (χ0v) is 12.2. The van der Waals surface area contributed by atoms with Crippen LogP contribution in [0.2, 0.25) is 0 Å². The number of nitrogens with one attached hydrogen (secondary N) is 2. The fourth-order valence-electron chi connectivity index (χ4n) is 1.93. The topological polar surface area (TPSA) is 76.1 Å². The van der Waals surface area contributed by atoms with Crippen molar-refractivity contribution in [3.63, 3.8) is 0 Å². The first-order valence-electron chi connectivity index (χ1n) is 6.55. The van der Waals surface area contributed by atoms with Crippen molar-refractivity contribution in [2.45, 2.75) is 52.5 Å². The minimum absolute atomic E-state index is 0.000802. The molecule has 6 heteroatoms. The second kappa shape index (κ2) is 6.68. The molecule has 6 nitrogen and oxygen atoms in total. The average molecular weight is 269 g/mol. The molecule has 0 amide bonds. The Kier molecular flexibility index (Phi) is 5.50. The Morgan fingerprint density at radius 1 is 1.42 bits per heavy atom. The van der Waals surface area contributed by atoms with E-state index in [9.17, 15) is 9.59 Å². The van der Waals surface area contributed by atoms with Gasteiger partial charge in [-0.05, 0) is 34.2 Å². The summed E-state index contributed by atoms with van der Waals surface area (Å²) in [5.74, 6) is 0. The van der Waals surface area contributed by atoms with Crippen LogP contribution in [-0.2, 0) is 4.74 Å². The number of nitrogens with zero attached hydrogens (tertiary/aromatic N) is 1. The highest BCUT2D eigenvalue weighted by atomic mass is 16.5. The Morgan fingerprint density at radius 3 is 2.58 bits per heavy atom. The maximum Gasteiger partial charge on any atom is 0.330 e. The molecule has 0 aliphatic heterocycles. The molecular weight excluding hydrogens is 246 g/mol. The van der Waals surface area contributed by atoms with E-state index in [-0.39, 0.29) is 17.7 Å². The van der Waals surface area contributed by atoms with Crippen molar-refractivity contribution >= 4 is 0 Å². The normalized spacial score (nSPS) is 16.1. The maximum absolute atomic E-state index is 11.8. The van der Waals surface area contributed by atoms with E-state index >= 15 is 0 Å². The first kappa shape index (κ1) is 15.7. The lowest BCUT2D eigenvalue weighted by molar-refractivity contribution is -0.0595. The molecule has 0 aromatic carbocycles. The Balaban J connectivity index is 2.95. The Labute approximate surface area is 112 Å². The summed E-state index contributed by atoms with van der Waals surface area (Å²) in [6.45, 7) is 7.52. The molecule has 2 N–H and O–H groups in total. The van der Waals surface area contributed by atoms with Gasteiger partial charge in [-0.3, -0.25) is 14.3 Å². The van der Waals surface area contributed by atoms with Crippen molar-refractivity contribution in [1.29, 1.82) is 0 Å². The standard InChI is InChI=1S/C13H23N3O3/c1-6-11(9(3)14-5)19-10(4)16-7-8(2)12(17)15-13(16)18/h7,9-11,14H,6H2,1-5H3,(H,15,17,18)/t9?,10-,11-/m1/s1. The van der Waals surface area contributed by atoms with Crippen LogP contribution in [0.4, 0.5) is 0 Å². The van der Waals surface area contributed by atoms with Crippen molar-refractivity contribution in [3.8, 4) is 0 Å². The summed E-state index contributed by atoms with van der Waals surface area (Å²) in [5.41, 5.74) is -0.316. The molecular formula is C13H23N3O3. The summed E-state index contributed by atoms with van der Waals surface area (Å²) >= 11 is 0. The van der Waals surface area contributed by atoms with Gasteiger partial charge in [-0.15, -0.1) is 0 Å². The van der Waals surface area contributed by atoms with Gasteiger partial charge in [-0.25, -0.2) is 4.79 Å². The molecule has 1 unspecified atom stereocenters. The molecule has 1 heterocycles. The second-order valence-electron chi connectivity index (χ2n) is 4.74. The van der Waals surface area contributed by atoms with Gasteiger partial charge < -0.3 is 10.1 Å². The Hall–Kier alpha value is -1.40. The first-order valence-corrected chi connectivity index (χ1v) is 6.55. The van der Waals surface area contributed by atoms with Crippen LogP contribution in [-0.4, -0.2) is 28.7 Å². The quantitative estimate of drug-likeness (QED) is 0.799. The molecule has 1 aromatic rings. The van der Waals surface area contributed by atoms with Gasteiger partial charge >= 0.3 is 5.69 Å². The molecule has 0 saturated heterocycles. The number of H-pyrrole nitrogens is 1. The zero-order valence-electron chi connectivity index (χ0n) is 12.2. The fraction of sp³-hybridized carbons (Fsp3) is 0.692. The molecule has 0 aliphatic carbocycles. The number of aromatic amines is 1. The lowest BCUT2D eigenvalue weighted by atomic mass is 10.1. The average Bonchev–Trinajstić information content (AvgIpc) is 2.38. The van der Waals surface area contributed by atoms with E-state index in [2.05, 4.69) is 10.3 Å². The van der Waals surface area contributed by atoms with Gasteiger partial charge in [0.15, 0.2) is 0 Å². The lowest BCUT2D eigenvalue weighted by Crippen LogP contribution is -2.40. The largest absolute Gasteiger partial charge is 0.353 e. The van der Waals surface area contributed by atoms with E-state index in [1.165, 1.54) is 10.8 Å². The molecule has 0 saturated carbocycles. The van der Waals surface area contributed by atoms with E-state index < -0.39 is 11.9 Å². The van der Waals surface area contributed by atoms with Crippen molar-refractivity contribution in [2.24, 2.45) is 0 Å². The fourth-order valence-corrected chi connectivity index (χ4v) is 1.93. The molecule has 0 spiro atoms. The summed E-state index contributed by atoms with van der Waals surface area (Å²) in [6.07, 6.45) is 1.94. The highest BCUT2D eigenvalue weighted by molar-refractivity contribution is 5.01. The third-order valence-corrected chi connectivity index (χ3v) is 3.32. The molecule has 3 atom stereocenters. The van der Waals surface area contributed by atoms with Gasteiger partial charge in [0.25, 0.3) is 5.56 Å². The monoisotopic (exact) mass is 269 g/mol. The Bertz CT molecular complexity index is 521. The molecule has 0 fully saturated rings.